The monoisotopic (exact) mass is 373 g/mol. The van der Waals surface area contributed by atoms with Crippen LogP contribution in [0.5, 0.6) is 0 Å². The highest BCUT2D eigenvalue weighted by Crippen LogP contribution is 2.12. The number of β-amino-alcohol motifs (C(OH)–C–C–N with tert-alkyl or cyclic N) is 1. The molecule has 0 amide bonds. The van der Waals surface area contributed by atoms with Gasteiger partial charge in [0.2, 0.25) is 0 Å². The Morgan fingerprint density at radius 2 is 1.27 bits per heavy atom. The minimum absolute atomic E-state index is 0.329. The second kappa shape index (κ2) is 19.1. The van der Waals surface area contributed by atoms with Crippen LogP contribution in [-0.4, -0.2) is 46.6 Å². The molecule has 1 aliphatic heterocycles. The third-order valence-corrected chi connectivity index (χ3v) is 4.92. The van der Waals surface area contributed by atoms with Gasteiger partial charge in [-0.15, -0.1) is 0 Å². The maximum atomic E-state index is 10.2. The molecule has 0 aromatic heterocycles. The summed E-state index contributed by atoms with van der Waals surface area (Å²) in [4.78, 5) is 10.2. The van der Waals surface area contributed by atoms with Crippen LogP contribution in [0.15, 0.2) is 0 Å². The first kappa shape index (κ1) is 25.4. The Hall–Kier alpha value is -0.650. The topological polar surface area (TPSA) is 89.8 Å². The lowest BCUT2D eigenvalue weighted by Gasteiger charge is -2.02. The molecule has 0 aromatic rings. The number of aliphatic hydroxyl groups is 2. The van der Waals surface area contributed by atoms with Crippen LogP contribution in [0.3, 0.4) is 0 Å². The zero-order valence-corrected chi connectivity index (χ0v) is 16.9. The highest BCUT2D eigenvalue weighted by atomic mass is 16.4. The van der Waals surface area contributed by atoms with Gasteiger partial charge in [-0.1, -0.05) is 90.4 Å². The smallest absolute Gasteiger partial charge is 0.320 e. The second-order valence-electron chi connectivity index (χ2n) is 7.51. The van der Waals surface area contributed by atoms with Crippen molar-refractivity contribution in [3.8, 4) is 0 Å². The van der Waals surface area contributed by atoms with Crippen molar-refractivity contribution in [2.45, 2.75) is 115 Å². The minimum Gasteiger partial charge on any atom is -0.480 e. The second-order valence-corrected chi connectivity index (χ2v) is 7.51. The molecule has 5 heteroatoms. The zero-order chi connectivity index (χ0) is 19.5. The van der Waals surface area contributed by atoms with E-state index in [2.05, 4.69) is 12.2 Å². The van der Waals surface area contributed by atoms with E-state index < -0.39 is 18.1 Å². The number of unbranched alkanes of at least 4 members (excludes halogenated alkanes) is 13. The molecule has 0 unspecified atom stereocenters. The summed E-state index contributed by atoms with van der Waals surface area (Å²) < 4.78 is 0. The van der Waals surface area contributed by atoms with E-state index in [0.717, 1.165) is 6.42 Å². The third kappa shape index (κ3) is 16.8. The van der Waals surface area contributed by atoms with Gasteiger partial charge in [0.25, 0.3) is 0 Å². The molecule has 1 rings (SSSR count). The van der Waals surface area contributed by atoms with Gasteiger partial charge in [-0.2, -0.15) is 0 Å². The Kier molecular flexibility index (Phi) is 18.6. The molecule has 5 nitrogen and oxygen atoms in total. The number of rotatable bonds is 15. The number of aliphatic hydroxyl groups excluding tert-OH is 2. The number of hydrogen-bond donors (Lipinski definition) is 4. The van der Waals surface area contributed by atoms with Crippen LogP contribution in [0.2, 0.25) is 0 Å². The molecule has 156 valence electrons. The van der Waals surface area contributed by atoms with E-state index in [9.17, 15) is 4.79 Å². The number of aliphatic carboxylic acids is 1. The van der Waals surface area contributed by atoms with Crippen LogP contribution in [0.1, 0.15) is 103 Å². The number of carboxylic acids is 1. The van der Waals surface area contributed by atoms with Crippen LogP contribution < -0.4 is 5.32 Å². The van der Waals surface area contributed by atoms with Crippen LogP contribution >= 0.6 is 0 Å². The summed E-state index contributed by atoms with van der Waals surface area (Å²) in [5, 5.41) is 28.5. The highest BCUT2D eigenvalue weighted by molar-refractivity contribution is 5.73. The highest BCUT2D eigenvalue weighted by Gasteiger charge is 2.27. The number of nitrogens with one attached hydrogen (secondary N) is 1. The van der Waals surface area contributed by atoms with Gasteiger partial charge in [0.1, 0.15) is 6.04 Å². The largest absolute Gasteiger partial charge is 0.480 e. The lowest BCUT2D eigenvalue weighted by Crippen LogP contribution is -2.29. The molecule has 1 aliphatic rings. The van der Waals surface area contributed by atoms with Crippen molar-refractivity contribution < 1.29 is 20.1 Å². The van der Waals surface area contributed by atoms with Crippen molar-refractivity contribution in [2.75, 3.05) is 13.2 Å². The standard InChI is InChI=1S/C16H34O.C5H9NO3/c1-2-3-4-5-6-7-8-9-10-11-12-13-14-15-16-17;7-3-1-4(5(8)9)6-2-3/h17H,2-16H2,1H3;3-4,6-7H,1-2H2,(H,8,9)/t;3-,4+/m.1/s1. The summed E-state index contributed by atoms with van der Waals surface area (Å²) >= 11 is 0. The van der Waals surface area contributed by atoms with Crippen molar-refractivity contribution in [3.05, 3.63) is 0 Å². The maximum absolute atomic E-state index is 10.2. The molecule has 1 fully saturated rings. The molecule has 0 aromatic carbocycles. The van der Waals surface area contributed by atoms with Gasteiger partial charge in [-0.3, -0.25) is 4.79 Å². The summed E-state index contributed by atoms with van der Waals surface area (Å²) in [6.45, 7) is 3.05. The molecular formula is C21H43NO4. The van der Waals surface area contributed by atoms with E-state index >= 15 is 0 Å². The first-order valence-corrected chi connectivity index (χ1v) is 10.9. The third-order valence-electron chi connectivity index (χ3n) is 4.92. The molecule has 0 saturated carbocycles. The number of carbonyl (C=O) groups is 1. The van der Waals surface area contributed by atoms with Gasteiger partial charge in [-0.25, -0.2) is 0 Å². The first-order chi connectivity index (χ1) is 12.6. The molecule has 4 N–H and O–H groups in total. The van der Waals surface area contributed by atoms with Gasteiger partial charge >= 0.3 is 5.97 Å². The quantitative estimate of drug-likeness (QED) is 0.322. The Morgan fingerprint density at radius 3 is 1.54 bits per heavy atom. The van der Waals surface area contributed by atoms with Crippen molar-refractivity contribution >= 4 is 5.97 Å². The fourth-order valence-corrected chi connectivity index (χ4v) is 3.21. The molecule has 1 saturated heterocycles. The van der Waals surface area contributed by atoms with E-state index in [-0.39, 0.29) is 0 Å². The molecule has 26 heavy (non-hydrogen) atoms. The van der Waals surface area contributed by atoms with Crippen molar-refractivity contribution in [1.29, 1.82) is 0 Å². The van der Waals surface area contributed by atoms with Crippen molar-refractivity contribution in [1.82, 2.24) is 5.32 Å². The van der Waals surface area contributed by atoms with Crippen LogP contribution in [0.4, 0.5) is 0 Å². The van der Waals surface area contributed by atoms with Gasteiger partial charge in [0.05, 0.1) is 6.10 Å². The molecule has 2 atom stereocenters. The number of carboxylic acid groups (broad SMARTS) is 1. The predicted molar refractivity (Wildman–Crippen MR) is 107 cm³/mol. The molecule has 0 spiro atoms. The Balaban J connectivity index is 0.000000577. The maximum Gasteiger partial charge on any atom is 0.320 e. The Morgan fingerprint density at radius 1 is 0.846 bits per heavy atom. The van der Waals surface area contributed by atoms with Gasteiger partial charge in [-0.05, 0) is 6.42 Å². The summed E-state index contributed by atoms with van der Waals surface area (Å²) in [7, 11) is 0. The van der Waals surface area contributed by atoms with Crippen LogP contribution in [-0.2, 0) is 4.79 Å². The zero-order valence-electron chi connectivity index (χ0n) is 16.9. The molecule has 0 bridgehead atoms. The normalized spacial score (nSPS) is 19.2. The van der Waals surface area contributed by atoms with E-state index in [1.165, 1.54) is 83.5 Å². The molecule has 1 heterocycles. The SMILES string of the molecule is CCCCCCCCCCCCCCCCO.O=C(O)[C@@H]1C[C@@H](O)CN1. The average Bonchev–Trinajstić information content (AvgIpc) is 3.06. The van der Waals surface area contributed by atoms with Gasteiger partial charge < -0.3 is 20.6 Å². The van der Waals surface area contributed by atoms with E-state index in [0.29, 0.717) is 19.6 Å². The Labute approximate surface area is 160 Å². The Bertz CT molecular complexity index is 298. The number of hydrogen-bond acceptors (Lipinski definition) is 4. The van der Waals surface area contributed by atoms with Gasteiger partial charge in [0.15, 0.2) is 0 Å². The first-order valence-electron chi connectivity index (χ1n) is 10.9. The molecular weight excluding hydrogens is 330 g/mol. The molecule has 0 radical (unpaired) electrons. The predicted octanol–water partition coefficient (Wildman–Crippen LogP) is 4.25. The summed E-state index contributed by atoms with van der Waals surface area (Å²) in [6.07, 6.45) is 19.1. The fraction of sp³-hybridized carbons (Fsp3) is 0.952. The minimum atomic E-state index is -0.883. The van der Waals surface area contributed by atoms with Crippen LogP contribution in [0.25, 0.3) is 0 Å². The van der Waals surface area contributed by atoms with Gasteiger partial charge in [0, 0.05) is 19.6 Å². The van der Waals surface area contributed by atoms with E-state index in [4.69, 9.17) is 15.3 Å². The average molecular weight is 374 g/mol. The summed E-state index contributed by atoms with van der Waals surface area (Å²) in [6, 6.07) is -0.542. The van der Waals surface area contributed by atoms with E-state index in [1.807, 2.05) is 0 Å². The van der Waals surface area contributed by atoms with Crippen molar-refractivity contribution in [2.24, 2.45) is 0 Å². The lowest BCUT2D eigenvalue weighted by atomic mass is 10.0. The summed E-state index contributed by atoms with van der Waals surface area (Å²) in [5.41, 5.74) is 0. The summed E-state index contributed by atoms with van der Waals surface area (Å²) in [5.74, 6) is -0.883. The van der Waals surface area contributed by atoms with Crippen molar-refractivity contribution in [3.63, 3.8) is 0 Å². The fourth-order valence-electron chi connectivity index (χ4n) is 3.21. The van der Waals surface area contributed by atoms with Crippen LogP contribution in [0, 0.1) is 0 Å². The molecule has 0 aliphatic carbocycles. The van der Waals surface area contributed by atoms with E-state index in [1.54, 1.807) is 0 Å². The lowest BCUT2D eigenvalue weighted by molar-refractivity contribution is -0.139.